The van der Waals surface area contributed by atoms with Gasteiger partial charge in [-0.25, -0.2) is 9.97 Å². The van der Waals surface area contributed by atoms with E-state index < -0.39 is 29.2 Å². The van der Waals surface area contributed by atoms with Crippen molar-refractivity contribution in [2.45, 2.75) is 0 Å². The second-order valence-corrected chi connectivity index (χ2v) is 2.87. The highest BCUT2D eigenvalue weighted by atomic mass is 19.2. The summed E-state index contributed by atoms with van der Waals surface area (Å²) in [6, 6.07) is 1.64. The number of rotatable bonds is 0. The van der Waals surface area contributed by atoms with E-state index in [2.05, 4.69) is 20.7 Å². The molecule has 2 aromatic heterocycles. The molecular formula is C9H7F4N5. The van der Waals surface area contributed by atoms with Gasteiger partial charge < -0.3 is 11.5 Å². The van der Waals surface area contributed by atoms with Crippen LogP contribution in [0.2, 0.25) is 0 Å². The fourth-order valence-electron chi connectivity index (χ4n) is 0.804. The van der Waals surface area contributed by atoms with Gasteiger partial charge in [0, 0.05) is 6.20 Å². The predicted octanol–water partition coefficient (Wildman–Crippen LogP) is 1.28. The number of nitrogens with zero attached hydrogens (tertiary/aromatic N) is 3. The van der Waals surface area contributed by atoms with Gasteiger partial charge in [0.15, 0.2) is 0 Å². The third kappa shape index (κ3) is 3.27. The molecule has 2 rings (SSSR count). The first-order chi connectivity index (χ1) is 8.43. The van der Waals surface area contributed by atoms with Crippen molar-refractivity contribution in [3.8, 4) is 0 Å². The Kier molecular flexibility index (Phi) is 4.35. The molecule has 0 aliphatic carbocycles. The van der Waals surface area contributed by atoms with E-state index in [0.29, 0.717) is 5.82 Å². The van der Waals surface area contributed by atoms with Gasteiger partial charge in [-0.1, -0.05) is 0 Å². The fourth-order valence-corrected chi connectivity index (χ4v) is 0.804. The first kappa shape index (κ1) is 13.6. The van der Waals surface area contributed by atoms with Crippen LogP contribution >= 0.6 is 0 Å². The molecule has 0 saturated heterocycles. The Labute approximate surface area is 98.5 Å². The van der Waals surface area contributed by atoms with Crippen molar-refractivity contribution in [3.63, 3.8) is 0 Å². The quantitative estimate of drug-likeness (QED) is 0.550. The van der Waals surface area contributed by atoms with Gasteiger partial charge in [0.05, 0.1) is 0 Å². The van der Waals surface area contributed by atoms with Crippen molar-refractivity contribution in [1.29, 1.82) is 0 Å². The van der Waals surface area contributed by atoms with Crippen molar-refractivity contribution in [2.75, 3.05) is 11.5 Å². The van der Waals surface area contributed by atoms with Crippen molar-refractivity contribution in [3.05, 3.63) is 42.1 Å². The lowest BCUT2D eigenvalue weighted by atomic mass is 10.4. The number of hydrogen-bond donors (Lipinski definition) is 2. The lowest BCUT2D eigenvalue weighted by Gasteiger charge is -1.98. The van der Waals surface area contributed by atoms with Crippen molar-refractivity contribution in [1.82, 2.24) is 15.0 Å². The van der Waals surface area contributed by atoms with Crippen LogP contribution in [0.4, 0.5) is 29.1 Å². The third-order valence-electron chi connectivity index (χ3n) is 1.64. The number of nitrogens with two attached hydrogens (primary N) is 2. The molecular weight excluding hydrogens is 254 g/mol. The van der Waals surface area contributed by atoms with Gasteiger partial charge in [0.1, 0.15) is 17.8 Å². The third-order valence-corrected chi connectivity index (χ3v) is 1.64. The minimum absolute atomic E-state index is 0.509. The van der Waals surface area contributed by atoms with Gasteiger partial charge in [-0.05, 0) is 6.07 Å². The van der Waals surface area contributed by atoms with E-state index >= 15 is 0 Å². The summed E-state index contributed by atoms with van der Waals surface area (Å²) in [6.45, 7) is 0. The van der Waals surface area contributed by atoms with Gasteiger partial charge >= 0.3 is 0 Å². The molecule has 96 valence electrons. The largest absolute Gasteiger partial charge is 0.394 e. The van der Waals surface area contributed by atoms with Crippen molar-refractivity contribution < 1.29 is 17.6 Å². The fraction of sp³-hybridized carbons (Fsp3) is 0. The van der Waals surface area contributed by atoms with E-state index in [4.69, 9.17) is 5.73 Å². The molecule has 0 bridgehead atoms. The zero-order valence-corrected chi connectivity index (χ0v) is 8.74. The second-order valence-electron chi connectivity index (χ2n) is 2.87. The molecule has 0 aromatic carbocycles. The van der Waals surface area contributed by atoms with Gasteiger partial charge in [0.2, 0.25) is 11.6 Å². The Hall–Kier alpha value is -2.45. The first-order valence-electron chi connectivity index (χ1n) is 4.40. The molecule has 0 amide bonds. The van der Waals surface area contributed by atoms with Crippen LogP contribution in [0.1, 0.15) is 0 Å². The smallest absolute Gasteiger partial charge is 0.253 e. The maximum Gasteiger partial charge on any atom is 0.253 e. The standard InChI is InChI=1S/C5H2F4N2.C4H5N3/c6-1-3(10)2(7)5(9)11-4(1)8;5-4-1-2-6-3-7-4/h(H2,10,11);1-3H,(H2,5,6,7). The monoisotopic (exact) mass is 261 g/mol. The molecule has 0 radical (unpaired) electrons. The first-order valence-corrected chi connectivity index (χ1v) is 4.40. The van der Waals surface area contributed by atoms with Crippen molar-refractivity contribution in [2.24, 2.45) is 0 Å². The maximum absolute atomic E-state index is 12.2. The number of anilines is 2. The van der Waals surface area contributed by atoms with E-state index in [0.717, 1.165) is 0 Å². The molecule has 0 aliphatic heterocycles. The molecule has 18 heavy (non-hydrogen) atoms. The van der Waals surface area contributed by atoms with Crippen LogP contribution in [-0.2, 0) is 0 Å². The summed E-state index contributed by atoms with van der Waals surface area (Å²) in [5.74, 6) is -6.34. The highest BCUT2D eigenvalue weighted by Crippen LogP contribution is 2.17. The molecule has 0 spiro atoms. The molecule has 4 N–H and O–H groups in total. The lowest BCUT2D eigenvalue weighted by molar-refractivity contribution is 0.412. The Balaban J connectivity index is 0.000000199. The van der Waals surface area contributed by atoms with Crippen LogP contribution in [0.25, 0.3) is 0 Å². The van der Waals surface area contributed by atoms with E-state index in [1.54, 1.807) is 12.3 Å². The minimum Gasteiger partial charge on any atom is -0.394 e. The normalized spacial score (nSPS) is 9.56. The van der Waals surface area contributed by atoms with Gasteiger partial charge in [-0.3, -0.25) is 0 Å². The van der Waals surface area contributed by atoms with E-state index in [1.165, 1.54) is 6.33 Å². The summed E-state index contributed by atoms with van der Waals surface area (Å²) >= 11 is 0. The number of aromatic nitrogens is 3. The van der Waals surface area contributed by atoms with E-state index in [1.807, 2.05) is 0 Å². The van der Waals surface area contributed by atoms with Gasteiger partial charge in [-0.15, -0.1) is 0 Å². The van der Waals surface area contributed by atoms with E-state index in [9.17, 15) is 17.6 Å². The Morgan fingerprint density at radius 3 is 1.83 bits per heavy atom. The number of halogens is 4. The van der Waals surface area contributed by atoms with Gasteiger partial charge in [0.25, 0.3) is 11.9 Å². The maximum atomic E-state index is 12.2. The average Bonchev–Trinajstić information content (AvgIpc) is 2.36. The van der Waals surface area contributed by atoms with Crippen LogP contribution in [0.5, 0.6) is 0 Å². The lowest BCUT2D eigenvalue weighted by Crippen LogP contribution is -2.05. The minimum atomic E-state index is -1.75. The number of hydrogen-bond acceptors (Lipinski definition) is 5. The van der Waals surface area contributed by atoms with Crippen LogP contribution in [0, 0.1) is 23.5 Å². The van der Waals surface area contributed by atoms with Crippen LogP contribution in [-0.4, -0.2) is 15.0 Å². The molecule has 0 atom stereocenters. The predicted molar refractivity (Wildman–Crippen MR) is 54.9 cm³/mol. The van der Waals surface area contributed by atoms with E-state index in [-0.39, 0.29) is 0 Å². The topological polar surface area (TPSA) is 90.7 Å². The Morgan fingerprint density at radius 2 is 1.50 bits per heavy atom. The molecule has 0 aliphatic rings. The molecule has 0 fully saturated rings. The molecule has 2 heterocycles. The Bertz CT molecular complexity index is 508. The molecule has 2 aromatic rings. The summed E-state index contributed by atoms with van der Waals surface area (Å²) in [6.07, 6.45) is 3.01. The summed E-state index contributed by atoms with van der Waals surface area (Å²) in [5, 5.41) is 0. The summed E-state index contributed by atoms with van der Waals surface area (Å²) in [7, 11) is 0. The van der Waals surface area contributed by atoms with Gasteiger partial charge in [-0.2, -0.15) is 22.5 Å². The van der Waals surface area contributed by atoms with Crippen molar-refractivity contribution >= 4 is 11.5 Å². The number of pyridine rings is 1. The SMILES string of the molecule is Nc1c(F)c(F)nc(F)c1F.Nc1ccncn1. The summed E-state index contributed by atoms with van der Waals surface area (Å²) in [4.78, 5) is 9.57. The molecule has 9 heteroatoms. The summed E-state index contributed by atoms with van der Waals surface area (Å²) < 4.78 is 48.5. The number of nitrogen functional groups attached to an aromatic ring is 2. The average molecular weight is 261 g/mol. The molecule has 5 nitrogen and oxygen atoms in total. The second kappa shape index (κ2) is 5.75. The van der Waals surface area contributed by atoms with Crippen LogP contribution in [0.3, 0.4) is 0 Å². The van der Waals surface area contributed by atoms with Crippen LogP contribution < -0.4 is 11.5 Å². The Morgan fingerprint density at radius 1 is 0.944 bits per heavy atom. The molecule has 0 saturated carbocycles. The zero-order valence-electron chi connectivity index (χ0n) is 8.74. The molecule has 0 unspecified atom stereocenters. The highest BCUT2D eigenvalue weighted by molar-refractivity contribution is 5.39. The van der Waals surface area contributed by atoms with Crippen LogP contribution in [0.15, 0.2) is 18.6 Å². The highest BCUT2D eigenvalue weighted by Gasteiger charge is 2.17. The summed E-state index contributed by atoms with van der Waals surface area (Å²) in [5.41, 5.74) is 8.62. The zero-order chi connectivity index (χ0) is 13.7.